The second-order valence-electron chi connectivity index (χ2n) is 10.1. The Morgan fingerprint density at radius 1 is 0.767 bits per heavy atom. The number of sulfone groups is 1. The second-order valence-corrected chi connectivity index (χ2v) is 12.2. The molecule has 4 rings (SSSR count). The second kappa shape index (κ2) is 15.2. The van der Waals surface area contributed by atoms with E-state index in [2.05, 4.69) is 12.1 Å². The molecule has 4 aromatic carbocycles. The lowest BCUT2D eigenvalue weighted by atomic mass is 9.92. The van der Waals surface area contributed by atoms with Crippen LogP contribution in [0.2, 0.25) is 0 Å². The molecule has 226 valence electrons. The van der Waals surface area contributed by atoms with Crippen LogP contribution in [0.15, 0.2) is 108 Å². The van der Waals surface area contributed by atoms with Gasteiger partial charge in [0.2, 0.25) is 5.91 Å². The van der Waals surface area contributed by atoms with Crippen molar-refractivity contribution in [2.45, 2.75) is 42.2 Å². The number of amides is 1. The van der Waals surface area contributed by atoms with Gasteiger partial charge in [-0.25, -0.2) is 13.9 Å². The number of nitrogens with one attached hydrogen (secondary N) is 1. The zero-order valence-corrected chi connectivity index (χ0v) is 25.1. The van der Waals surface area contributed by atoms with Crippen molar-refractivity contribution in [3.05, 3.63) is 114 Å². The van der Waals surface area contributed by atoms with Gasteiger partial charge in [0.25, 0.3) is 0 Å². The monoisotopic (exact) mass is 603 g/mol. The van der Waals surface area contributed by atoms with Gasteiger partial charge in [0.1, 0.15) is 16.7 Å². The van der Waals surface area contributed by atoms with E-state index in [0.29, 0.717) is 29.2 Å². The number of methoxy groups -OCH3 is 2. The van der Waals surface area contributed by atoms with Crippen LogP contribution in [-0.2, 0) is 21.1 Å². The highest BCUT2D eigenvalue weighted by Gasteiger charge is 2.40. The Bertz CT molecular complexity index is 1560. The number of hydrogen-bond acceptors (Lipinski definition) is 7. The molecule has 43 heavy (non-hydrogen) atoms. The lowest BCUT2D eigenvalue weighted by Crippen LogP contribution is -2.35. The molecule has 0 saturated carbocycles. The van der Waals surface area contributed by atoms with Gasteiger partial charge >= 0.3 is 0 Å². The third-order valence-corrected chi connectivity index (χ3v) is 9.52. The molecule has 0 radical (unpaired) electrons. The van der Waals surface area contributed by atoms with Gasteiger partial charge in [-0.2, -0.15) is 0 Å². The van der Waals surface area contributed by atoms with Crippen LogP contribution in [-0.4, -0.2) is 33.8 Å². The number of carbonyl (C=O) groups excluding carboxylic acids is 1. The molecule has 8 nitrogen and oxygen atoms in total. The van der Waals surface area contributed by atoms with Crippen LogP contribution in [0.3, 0.4) is 0 Å². The van der Waals surface area contributed by atoms with Crippen LogP contribution in [0.4, 0.5) is 0 Å². The molecule has 2 unspecified atom stereocenters. The van der Waals surface area contributed by atoms with Crippen molar-refractivity contribution >= 4 is 15.7 Å². The molecule has 0 saturated heterocycles. The molecule has 2 atom stereocenters. The molecule has 0 fully saturated rings. The fourth-order valence-electron chi connectivity index (χ4n) is 5.14. The van der Waals surface area contributed by atoms with E-state index < -0.39 is 26.9 Å². The van der Waals surface area contributed by atoms with Gasteiger partial charge in [-0.05, 0) is 66.8 Å². The van der Waals surface area contributed by atoms with Crippen molar-refractivity contribution in [3.8, 4) is 23.0 Å². The molecule has 9 heteroatoms. The topological polar surface area (TPSA) is 111 Å². The smallest absolute Gasteiger partial charge is 0.248 e. The summed E-state index contributed by atoms with van der Waals surface area (Å²) in [6, 6.07) is 30.3. The van der Waals surface area contributed by atoms with E-state index >= 15 is 0 Å². The number of hydroxylamine groups is 1. The molecular formula is C34H37NO7S. The summed E-state index contributed by atoms with van der Waals surface area (Å²) >= 11 is 0. The van der Waals surface area contributed by atoms with Crippen LogP contribution in [0.1, 0.15) is 42.1 Å². The Morgan fingerprint density at radius 3 is 2.02 bits per heavy atom. The first-order valence-electron chi connectivity index (χ1n) is 14.1. The Hall–Kier alpha value is -4.34. The molecule has 2 N–H and O–H groups in total. The van der Waals surface area contributed by atoms with Crippen LogP contribution < -0.4 is 19.7 Å². The molecule has 0 aliphatic rings. The van der Waals surface area contributed by atoms with E-state index in [9.17, 15) is 18.4 Å². The highest BCUT2D eigenvalue weighted by Crippen LogP contribution is 2.41. The van der Waals surface area contributed by atoms with Crippen molar-refractivity contribution in [2.24, 2.45) is 5.92 Å². The average molecular weight is 604 g/mol. The van der Waals surface area contributed by atoms with Gasteiger partial charge in [0, 0.05) is 6.07 Å². The molecule has 1 amide bonds. The number of para-hydroxylation sites is 1. The molecule has 0 bridgehead atoms. The summed E-state index contributed by atoms with van der Waals surface area (Å²) in [4.78, 5) is 13.1. The van der Waals surface area contributed by atoms with E-state index in [4.69, 9.17) is 14.2 Å². The Labute approximate surface area is 253 Å². The largest absolute Gasteiger partial charge is 0.493 e. The summed E-state index contributed by atoms with van der Waals surface area (Å²) in [7, 11) is -1.28. The number of rotatable bonds is 15. The maximum absolute atomic E-state index is 14.3. The quantitative estimate of drug-likeness (QED) is 0.0861. The molecule has 4 aromatic rings. The van der Waals surface area contributed by atoms with Crippen molar-refractivity contribution in [2.75, 3.05) is 14.2 Å². The predicted molar refractivity (Wildman–Crippen MR) is 164 cm³/mol. The molecule has 0 spiro atoms. The van der Waals surface area contributed by atoms with E-state index in [1.807, 2.05) is 48.5 Å². The Morgan fingerprint density at radius 2 is 1.40 bits per heavy atom. The van der Waals surface area contributed by atoms with E-state index in [1.165, 1.54) is 38.0 Å². The van der Waals surface area contributed by atoms with E-state index in [-0.39, 0.29) is 17.1 Å². The minimum absolute atomic E-state index is 0.0282. The van der Waals surface area contributed by atoms with Crippen molar-refractivity contribution in [1.29, 1.82) is 0 Å². The zero-order valence-electron chi connectivity index (χ0n) is 24.3. The van der Waals surface area contributed by atoms with Crippen LogP contribution >= 0.6 is 0 Å². The van der Waals surface area contributed by atoms with Crippen molar-refractivity contribution in [3.63, 3.8) is 0 Å². The van der Waals surface area contributed by atoms with Gasteiger partial charge in [-0.1, -0.05) is 73.5 Å². The van der Waals surface area contributed by atoms with Crippen molar-refractivity contribution < 1.29 is 32.6 Å². The number of ether oxygens (including phenoxy) is 3. The summed E-state index contributed by atoms with van der Waals surface area (Å²) in [6.07, 6.45) is 3.40. The summed E-state index contributed by atoms with van der Waals surface area (Å²) < 4.78 is 45.2. The van der Waals surface area contributed by atoms with E-state index in [1.54, 1.807) is 29.7 Å². The number of carbonyl (C=O) groups is 1. The molecule has 0 aliphatic carbocycles. The lowest BCUT2D eigenvalue weighted by molar-refractivity contribution is -0.133. The van der Waals surface area contributed by atoms with Gasteiger partial charge in [0.05, 0.1) is 25.0 Å². The van der Waals surface area contributed by atoms with Gasteiger partial charge < -0.3 is 14.2 Å². The minimum Gasteiger partial charge on any atom is -0.493 e. The minimum atomic E-state index is -4.17. The van der Waals surface area contributed by atoms with Gasteiger partial charge in [-0.15, -0.1) is 0 Å². The SMILES string of the molecule is COc1ccc(S(=O)(=O)C(c2ccc(Oc3ccccc3)cc2)C(CCCCCc2ccccc2)C(=O)NO)cc1OC. The van der Waals surface area contributed by atoms with Crippen molar-refractivity contribution in [1.82, 2.24) is 5.48 Å². The first-order chi connectivity index (χ1) is 20.9. The highest BCUT2D eigenvalue weighted by molar-refractivity contribution is 7.91. The maximum atomic E-state index is 14.3. The lowest BCUT2D eigenvalue weighted by Gasteiger charge is -2.27. The third-order valence-electron chi connectivity index (χ3n) is 7.34. The molecule has 0 aromatic heterocycles. The fourth-order valence-corrected chi connectivity index (χ4v) is 7.17. The maximum Gasteiger partial charge on any atom is 0.248 e. The van der Waals surface area contributed by atoms with Crippen LogP contribution in [0, 0.1) is 5.92 Å². The van der Waals surface area contributed by atoms with Gasteiger partial charge in [-0.3, -0.25) is 10.0 Å². The summed E-state index contributed by atoms with van der Waals surface area (Å²) in [5.41, 5.74) is 3.34. The molecule has 0 heterocycles. The number of unbranched alkanes of at least 4 members (excludes halogenated alkanes) is 2. The molecular weight excluding hydrogens is 566 g/mol. The Kier molecular flexibility index (Phi) is 11.2. The standard InChI is InChI=1S/C34H37NO7S/c1-40-31-23-22-29(24-32(31)41-2)43(38,39)33(26-18-20-28(21-19-26)42-27-15-9-5-10-16-27)30(34(36)35-37)17-11-4-8-14-25-12-6-3-7-13-25/h3,5-7,9-10,12-13,15-16,18-24,30,33,37H,4,8,11,14,17H2,1-2H3,(H,35,36). The average Bonchev–Trinajstić information content (AvgIpc) is 3.04. The molecule has 0 aliphatic heterocycles. The number of aryl methyl sites for hydroxylation is 1. The van der Waals surface area contributed by atoms with Gasteiger partial charge in [0.15, 0.2) is 21.3 Å². The highest BCUT2D eigenvalue weighted by atomic mass is 32.2. The normalized spacial score (nSPS) is 12.6. The fraction of sp³-hybridized carbons (Fsp3) is 0.265. The van der Waals surface area contributed by atoms with Crippen LogP contribution in [0.25, 0.3) is 0 Å². The number of hydrogen-bond donors (Lipinski definition) is 2. The first kappa shape index (κ1) is 31.6. The van der Waals surface area contributed by atoms with Crippen LogP contribution in [0.5, 0.6) is 23.0 Å². The third kappa shape index (κ3) is 8.15. The summed E-state index contributed by atoms with van der Waals surface area (Å²) in [5.74, 6) is -0.0528. The zero-order chi connectivity index (χ0) is 30.7. The first-order valence-corrected chi connectivity index (χ1v) is 15.7. The Balaban J connectivity index is 1.65. The number of benzene rings is 4. The predicted octanol–water partition coefficient (Wildman–Crippen LogP) is 6.94. The van der Waals surface area contributed by atoms with E-state index in [0.717, 1.165) is 19.3 Å². The summed E-state index contributed by atoms with van der Waals surface area (Å²) in [5, 5.41) is 8.40. The summed E-state index contributed by atoms with van der Waals surface area (Å²) in [6.45, 7) is 0.